The molecule has 0 spiro atoms. The lowest BCUT2D eigenvalue weighted by Crippen LogP contribution is -1.94. The minimum Gasteiger partial charge on any atom is -0.406 e. The number of aliphatic imine (C=N–C) groups is 1. The van der Waals surface area contributed by atoms with Crippen LogP contribution < -0.4 is 13.6 Å². The smallest absolute Gasteiger partial charge is 0.406 e. The topological polar surface area (TPSA) is 40.0 Å². The molecule has 0 unspecified atom stereocenters. The van der Waals surface area contributed by atoms with Crippen LogP contribution in [0.3, 0.4) is 0 Å². The highest BCUT2D eigenvalue weighted by atomic mass is 31.2. The molecule has 0 aromatic heterocycles. The summed E-state index contributed by atoms with van der Waals surface area (Å²) in [5.41, 5.74) is 1.76. The van der Waals surface area contributed by atoms with Crippen molar-refractivity contribution in [1.29, 1.82) is 0 Å². The third kappa shape index (κ3) is 3.24. The summed E-state index contributed by atoms with van der Waals surface area (Å²) in [5, 5.41) is 0. The summed E-state index contributed by atoms with van der Waals surface area (Å²) in [5.74, 6) is 2.03. The van der Waals surface area contributed by atoms with Crippen LogP contribution in [-0.2, 0) is 0 Å². The molecule has 0 amide bonds. The van der Waals surface area contributed by atoms with Crippen LogP contribution in [-0.4, -0.2) is 6.21 Å². The van der Waals surface area contributed by atoms with Crippen LogP contribution in [0.1, 0.15) is 5.56 Å². The third-order valence-corrected chi connectivity index (χ3v) is 4.42. The zero-order valence-electron chi connectivity index (χ0n) is 12.7. The van der Waals surface area contributed by atoms with Gasteiger partial charge >= 0.3 is 8.60 Å². The van der Waals surface area contributed by atoms with Crippen LogP contribution in [0.4, 0.5) is 5.69 Å². The maximum atomic E-state index is 5.88. The van der Waals surface area contributed by atoms with E-state index in [0.29, 0.717) is 17.2 Å². The maximum Gasteiger partial charge on any atom is 0.530 e. The van der Waals surface area contributed by atoms with Crippen molar-refractivity contribution in [2.24, 2.45) is 4.99 Å². The van der Waals surface area contributed by atoms with E-state index in [4.69, 9.17) is 13.6 Å². The van der Waals surface area contributed by atoms with E-state index in [1.807, 2.05) is 78.9 Å². The van der Waals surface area contributed by atoms with Gasteiger partial charge in [0.05, 0.1) is 0 Å². The number of rotatable bonds is 4. The van der Waals surface area contributed by atoms with E-state index in [2.05, 4.69) is 4.99 Å². The van der Waals surface area contributed by atoms with E-state index in [-0.39, 0.29) is 0 Å². The summed E-state index contributed by atoms with van der Waals surface area (Å²) in [6.45, 7) is 0. The summed E-state index contributed by atoms with van der Waals surface area (Å²) in [6.07, 6.45) is 1.81. The number of hydrogen-bond acceptors (Lipinski definition) is 4. The molecule has 0 N–H and O–H groups in total. The first-order valence-corrected chi connectivity index (χ1v) is 8.59. The lowest BCUT2D eigenvalue weighted by atomic mass is 10.2. The van der Waals surface area contributed by atoms with Crippen LogP contribution in [0.2, 0.25) is 0 Å². The van der Waals surface area contributed by atoms with Crippen LogP contribution >= 0.6 is 8.60 Å². The molecule has 0 fully saturated rings. The molecule has 0 saturated carbocycles. The van der Waals surface area contributed by atoms with Gasteiger partial charge in [0.2, 0.25) is 0 Å². The summed E-state index contributed by atoms with van der Waals surface area (Å²) < 4.78 is 17.3. The molecule has 0 radical (unpaired) electrons. The van der Waals surface area contributed by atoms with E-state index < -0.39 is 8.60 Å². The Labute approximate surface area is 141 Å². The summed E-state index contributed by atoms with van der Waals surface area (Å²) in [7, 11) is -1.50. The number of para-hydroxylation sites is 4. The van der Waals surface area contributed by atoms with Gasteiger partial charge in [0.15, 0.2) is 17.2 Å². The van der Waals surface area contributed by atoms with Gasteiger partial charge in [0.1, 0.15) is 5.69 Å². The van der Waals surface area contributed by atoms with E-state index in [1.54, 1.807) is 6.21 Å². The first kappa shape index (κ1) is 14.7. The van der Waals surface area contributed by atoms with Gasteiger partial charge in [-0.05, 0) is 29.8 Å². The standard InChI is InChI=1S/C19H14NO3P/c1-2-8-15(9-3-1)14-20-16-10-4-5-11-17(16)21-24-22-18-12-6-7-13-19(18)23-24/h1-14H. The normalized spacial score (nSPS) is 13.3. The summed E-state index contributed by atoms with van der Waals surface area (Å²) in [6, 6.07) is 25.0. The van der Waals surface area contributed by atoms with Crippen molar-refractivity contribution >= 4 is 20.5 Å². The van der Waals surface area contributed by atoms with Gasteiger partial charge in [0.25, 0.3) is 0 Å². The van der Waals surface area contributed by atoms with Crippen molar-refractivity contribution in [2.75, 3.05) is 0 Å². The fourth-order valence-corrected chi connectivity index (χ4v) is 3.27. The lowest BCUT2D eigenvalue weighted by molar-refractivity contribution is 0.436. The molecule has 118 valence electrons. The Morgan fingerprint density at radius 1 is 0.750 bits per heavy atom. The summed E-state index contributed by atoms with van der Waals surface area (Å²) in [4.78, 5) is 4.52. The molecular formula is C19H14NO3P. The first-order valence-electron chi connectivity index (χ1n) is 7.50. The molecule has 3 aromatic carbocycles. The number of benzene rings is 3. The number of fused-ring (bicyclic) bond motifs is 1. The molecule has 3 aromatic rings. The van der Waals surface area contributed by atoms with Crippen molar-refractivity contribution in [1.82, 2.24) is 0 Å². The Balaban J connectivity index is 1.52. The fraction of sp³-hybridized carbons (Fsp3) is 0. The van der Waals surface area contributed by atoms with E-state index in [9.17, 15) is 0 Å². The van der Waals surface area contributed by atoms with Gasteiger partial charge in [-0.25, -0.2) is 0 Å². The Morgan fingerprint density at radius 3 is 2.12 bits per heavy atom. The molecule has 5 heteroatoms. The molecule has 0 atom stereocenters. The van der Waals surface area contributed by atoms with E-state index >= 15 is 0 Å². The largest absolute Gasteiger partial charge is 0.530 e. The highest BCUT2D eigenvalue weighted by molar-refractivity contribution is 7.43. The quantitative estimate of drug-likeness (QED) is 0.466. The predicted molar refractivity (Wildman–Crippen MR) is 95.4 cm³/mol. The molecule has 24 heavy (non-hydrogen) atoms. The predicted octanol–water partition coefficient (Wildman–Crippen LogP) is 5.51. The van der Waals surface area contributed by atoms with Gasteiger partial charge in [-0.2, -0.15) is 0 Å². The zero-order chi connectivity index (χ0) is 16.2. The second-order valence-electron chi connectivity index (χ2n) is 5.08. The molecule has 0 bridgehead atoms. The first-order chi connectivity index (χ1) is 11.9. The average Bonchev–Trinajstić information content (AvgIpc) is 3.04. The number of nitrogens with zero attached hydrogens (tertiary/aromatic N) is 1. The molecule has 4 nitrogen and oxygen atoms in total. The average molecular weight is 335 g/mol. The van der Waals surface area contributed by atoms with Crippen molar-refractivity contribution in [3.05, 3.63) is 84.4 Å². The molecule has 4 rings (SSSR count). The maximum absolute atomic E-state index is 5.88. The second kappa shape index (κ2) is 6.73. The fourth-order valence-electron chi connectivity index (χ4n) is 2.22. The van der Waals surface area contributed by atoms with Crippen molar-refractivity contribution in [3.63, 3.8) is 0 Å². The molecular weight excluding hydrogens is 321 g/mol. The summed E-state index contributed by atoms with van der Waals surface area (Å²) >= 11 is 0. The van der Waals surface area contributed by atoms with Gasteiger partial charge < -0.3 is 13.6 Å². The number of hydrogen-bond donors (Lipinski definition) is 0. The molecule has 0 aliphatic carbocycles. The van der Waals surface area contributed by atoms with E-state index in [0.717, 1.165) is 11.3 Å². The van der Waals surface area contributed by atoms with E-state index in [1.165, 1.54) is 0 Å². The van der Waals surface area contributed by atoms with Crippen molar-refractivity contribution < 1.29 is 13.6 Å². The molecule has 1 aliphatic rings. The van der Waals surface area contributed by atoms with Gasteiger partial charge in [-0.3, -0.25) is 4.99 Å². The minimum absolute atomic E-state index is 0.628. The highest BCUT2D eigenvalue weighted by Crippen LogP contribution is 2.53. The molecule has 0 saturated heterocycles. The van der Waals surface area contributed by atoms with Crippen LogP contribution in [0, 0.1) is 0 Å². The van der Waals surface area contributed by atoms with Crippen LogP contribution in [0.25, 0.3) is 0 Å². The van der Waals surface area contributed by atoms with Crippen molar-refractivity contribution in [3.8, 4) is 17.2 Å². The van der Waals surface area contributed by atoms with Gasteiger partial charge in [-0.15, -0.1) is 0 Å². The second-order valence-corrected chi connectivity index (χ2v) is 6.08. The molecule has 1 aliphatic heterocycles. The van der Waals surface area contributed by atoms with Gasteiger partial charge in [-0.1, -0.05) is 54.6 Å². The van der Waals surface area contributed by atoms with Crippen molar-refractivity contribution in [2.45, 2.75) is 0 Å². The Bertz CT molecular complexity index is 842. The van der Waals surface area contributed by atoms with Gasteiger partial charge in [0, 0.05) is 6.21 Å². The monoisotopic (exact) mass is 335 g/mol. The highest BCUT2D eigenvalue weighted by Gasteiger charge is 2.29. The molecule has 1 heterocycles. The SMILES string of the molecule is C(=Nc1ccccc1OP1Oc2ccccc2O1)c1ccccc1. The Morgan fingerprint density at radius 2 is 1.38 bits per heavy atom. The third-order valence-electron chi connectivity index (χ3n) is 3.39. The van der Waals surface area contributed by atoms with Crippen LogP contribution in [0.15, 0.2) is 83.9 Å². The minimum atomic E-state index is -1.50. The Kier molecular flexibility index (Phi) is 4.13. The zero-order valence-corrected chi connectivity index (χ0v) is 13.6. The Hall–Kier alpha value is -2.84. The lowest BCUT2D eigenvalue weighted by Gasteiger charge is -2.10. The van der Waals surface area contributed by atoms with Crippen LogP contribution in [0.5, 0.6) is 17.2 Å².